The normalized spacial score (nSPS) is 15.3. The van der Waals surface area contributed by atoms with Gasteiger partial charge in [0.2, 0.25) is 0 Å². The quantitative estimate of drug-likeness (QED) is 0.176. The van der Waals surface area contributed by atoms with Gasteiger partial charge >= 0.3 is 0 Å². The van der Waals surface area contributed by atoms with Gasteiger partial charge in [-0.3, -0.25) is 0 Å². The van der Waals surface area contributed by atoms with Crippen LogP contribution in [0, 0.1) is 5.82 Å². The molecule has 0 radical (unpaired) electrons. The summed E-state index contributed by atoms with van der Waals surface area (Å²) >= 11 is 0. The van der Waals surface area contributed by atoms with Gasteiger partial charge in [0.25, 0.3) is 0 Å². The van der Waals surface area contributed by atoms with Crippen LogP contribution in [0.5, 0.6) is 0 Å². The maximum Gasteiger partial charge on any atom is 0.123 e. The lowest BCUT2D eigenvalue weighted by Crippen LogP contribution is -2.23. The van der Waals surface area contributed by atoms with Crippen LogP contribution in [-0.4, -0.2) is 4.57 Å². The molecule has 0 saturated heterocycles. The standard InChI is InChI=1S/C53H31FN2/c54-34-20-23-35(24-21-34)56-49-18-6-4-12-41(49)46-30-37(26-28-50(46)56)55(36-22-19-32-9-1-2-10-33(32)29-36)38-25-27-40-43-14-8-16-45-44-15-7-13-42-39-11-3-5-17-47(39)53(51(42)44,52(43)45)48(40)31-38/h1-31H. The highest BCUT2D eigenvalue weighted by Crippen LogP contribution is 2.70. The van der Waals surface area contributed by atoms with Crippen LogP contribution in [-0.2, 0) is 5.41 Å². The monoisotopic (exact) mass is 714 g/mol. The van der Waals surface area contributed by atoms with E-state index in [2.05, 4.69) is 173 Å². The molecule has 0 bridgehead atoms. The Balaban J connectivity index is 1.08. The van der Waals surface area contributed by atoms with E-state index < -0.39 is 0 Å². The Labute approximate surface area is 323 Å². The molecule has 1 atom stereocenters. The van der Waals surface area contributed by atoms with E-state index in [1.54, 1.807) is 0 Å². The van der Waals surface area contributed by atoms with Gasteiger partial charge in [0.15, 0.2) is 0 Å². The van der Waals surface area contributed by atoms with E-state index in [9.17, 15) is 4.39 Å². The maximum absolute atomic E-state index is 14.1. The SMILES string of the molecule is Fc1ccc(-n2c3ccccc3c3cc(N(c4ccc5c(c4)C46c7ccccc7-c7cccc(c74)-c4cccc-5c46)c4ccc5ccccc5c4)ccc32)cc1. The molecule has 10 aromatic rings. The van der Waals surface area contributed by atoms with Gasteiger partial charge in [0, 0.05) is 33.5 Å². The van der Waals surface area contributed by atoms with Crippen molar-refractivity contribution in [3.63, 3.8) is 0 Å². The number of benzene rings is 9. The molecule has 1 unspecified atom stereocenters. The summed E-state index contributed by atoms with van der Waals surface area (Å²) in [5.41, 5.74) is 19.6. The van der Waals surface area contributed by atoms with Crippen molar-refractivity contribution in [2.45, 2.75) is 5.41 Å². The van der Waals surface area contributed by atoms with E-state index in [4.69, 9.17) is 0 Å². The predicted molar refractivity (Wildman–Crippen MR) is 228 cm³/mol. The summed E-state index contributed by atoms with van der Waals surface area (Å²) in [6, 6.07) is 67.4. The van der Waals surface area contributed by atoms with Crippen molar-refractivity contribution in [3.8, 4) is 39.1 Å². The fourth-order valence-corrected chi connectivity index (χ4v) is 10.6. The highest BCUT2D eigenvalue weighted by atomic mass is 19.1. The summed E-state index contributed by atoms with van der Waals surface area (Å²) in [6.07, 6.45) is 0. The zero-order chi connectivity index (χ0) is 36.7. The number of hydrogen-bond donors (Lipinski definition) is 0. The molecule has 56 heavy (non-hydrogen) atoms. The van der Waals surface area contributed by atoms with Gasteiger partial charge in [-0.2, -0.15) is 0 Å². The maximum atomic E-state index is 14.1. The first-order chi connectivity index (χ1) is 27.7. The number of hydrogen-bond acceptors (Lipinski definition) is 1. The number of para-hydroxylation sites is 1. The van der Waals surface area contributed by atoms with Crippen molar-refractivity contribution in [1.29, 1.82) is 0 Å². The Morgan fingerprint density at radius 2 is 0.964 bits per heavy atom. The Hall–Kier alpha value is -7.23. The summed E-state index contributed by atoms with van der Waals surface area (Å²) in [5, 5.41) is 4.70. The molecule has 2 nitrogen and oxygen atoms in total. The third kappa shape index (κ3) is 3.70. The third-order valence-corrected chi connectivity index (χ3v) is 12.7. The van der Waals surface area contributed by atoms with Crippen LogP contribution in [0.25, 0.3) is 71.6 Å². The van der Waals surface area contributed by atoms with Crippen LogP contribution in [0.15, 0.2) is 188 Å². The van der Waals surface area contributed by atoms with Crippen molar-refractivity contribution in [3.05, 3.63) is 216 Å². The number of rotatable bonds is 4. The highest BCUT2D eigenvalue weighted by Gasteiger charge is 2.57. The molecule has 1 heterocycles. The molecule has 3 aliphatic rings. The van der Waals surface area contributed by atoms with Gasteiger partial charge in [0.05, 0.1) is 16.4 Å². The van der Waals surface area contributed by atoms with Crippen LogP contribution in [0.2, 0.25) is 0 Å². The summed E-state index contributed by atoms with van der Waals surface area (Å²) < 4.78 is 16.3. The minimum atomic E-state index is -0.374. The van der Waals surface area contributed by atoms with Gasteiger partial charge in [-0.15, -0.1) is 0 Å². The Bertz CT molecular complexity index is 3300. The molecular formula is C53H31FN2. The van der Waals surface area contributed by atoms with E-state index in [0.717, 1.165) is 44.6 Å². The molecule has 0 N–H and O–H groups in total. The molecule has 260 valence electrons. The Kier molecular flexibility index (Phi) is 5.76. The van der Waals surface area contributed by atoms with Crippen molar-refractivity contribution < 1.29 is 4.39 Å². The molecule has 13 rings (SSSR count). The van der Waals surface area contributed by atoms with E-state index >= 15 is 0 Å². The number of halogens is 1. The zero-order valence-electron chi connectivity index (χ0n) is 30.2. The number of nitrogens with zero attached hydrogens (tertiary/aromatic N) is 2. The van der Waals surface area contributed by atoms with Gasteiger partial charge in [-0.1, -0.05) is 115 Å². The highest BCUT2D eigenvalue weighted by molar-refractivity contribution is 6.11. The fraction of sp³-hybridized carbons (Fsp3) is 0.0189. The smallest absolute Gasteiger partial charge is 0.123 e. The molecule has 1 aromatic heterocycles. The van der Waals surface area contributed by atoms with Crippen LogP contribution in [0.1, 0.15) is 22.3 Å². The third-order valence-electron chi connectivity index (χ3n) is 12.7. The molecule has 3 heteroatoms. The Morgan fingerprint density at radius 1 is 0.393 bits per heavy atom. The Morgan fingerprint density at radius 3 is 1.77 bits per heavy atom. The molecule has 0 amide bonds. The molecule has 0 aliphatic heterocycles. The first-order valence-electron chi connectivity index (χ1n) is 19.3. The molecule has 0 saturated carbocycles. The second-order valence-corrected chi connectivity index (χ2v) is 15.4. The topological polar surface area (TPSA) is 8.17 Å². The lowest BCUT2D eigenvalue weighted by atomic mass is 9.73. The van der Waals surface area contributed by atoms with Gasteiger partial charge < -0.3 is 9.47 Å². The van der Waals surface area contributed by atoms with Crippen LogP contribution >= 0.6 is 0 Å². The second-order valence-electron chi connectivity index (χ2n) is 15.4. The van der Waals surface area contributed by atoms with Gasteiger partial charge in [-0.05, 0) is 139 Å². The van der Waals surface area contributed by atoms with Crippen LogP contribution < -0.4 is 4.90 Å². The van der Waals surface area contributed by atoms with Crippen molar-refractivity contribution in [2.75, 3.05) is 4.90 Å². The largest absolute Gasteiger partial charge is 0.310 e. The van der Waals surface area contributed by atoms with E-state index in [1.165, 1.54) is 78.5 Å². The lowest BCUT2D eigenvalue weighted by Gasteiger charge is -2.30. The number of anilines is 3. The first kappa shape index (κ1) is 30.1. The van der Waals surface area contributed by atoms with Crippen molar-refractivity contribution >= 4 is 49.6 Å². The van der Waals surface area contributed by atoms with E-state index in [1.807, 2.05) is 12.1 Å². The van der Waals surface area contributed by atoms with E-state index in [0.29, 0.717) is 0 Å². The average molecular weight is 715 g/mol. The summed E-state index contributed by atoms with van der Waals surface area (Å²) in [5.74, 6) is -0.241. The molecule has 0 fully saturated rings. The fourth-order valence-electron chi connectivity index (χ4n) is 10.6. The van der Waals surface area contributed by atoms with E-state index in [-0.39, 0.29) is 11.2 Å². The van der Waals surface area contributed by atoms with Gasteiger partial charge in [-0.25, -0.2) is 4.39 Å². The summed E-state index contributed by atoms with van der Waals surface area (Å²) in [6.45, 7) is 0. The number of aromatic nitrogens is 1. The molecular weight excluding hydrogens is 684 g/mol. The summed E-state index contributed by atoms with van der Waals surface area (Å²) in [4.78, 5) is 2.43. The minimum absolute atomic E-state index is 0.241. The van der Waals surface area contributed by atoms with Crippen molar-refractivity contribution in [1.82, 2.24) is 4.57 Å². The zero-order valence-corrected chi connectivity index (χ0v) is 30.2. The lowest BCUT2D eigenvalue weighted by molar-refractivity contribution is 0.627. The summed E-state index contributed by atoms with van der Waals surface area (Å²) in [7, 11) is 0. The van der Waals surface area contributed by atoms with Gasteiger partial charge in [0.1, 0.15) is 5.82 Å². The second kappa shape index (κ2) is 10.7. The first-order valence-corrected chi connectivity index (χ1v) is 19.3. The minimum Gasteiger partial charge on any atom is -0.310 e. The molecule has 1 spiro atoms. The molecule has 9 aromatic carbocycles. The van der Waals surface area contributed by atoms with Crippen LogP contribution in [0.3, 0.4) is 0 Å². The van der Waals surface area contributed by atoms with Crippen LogP contribution in [0.4, 0.5) is 21.5 Å². The predicted octanol–water partition coefficient (Wildman–Crippen LogP) is 13.9. The molecule has 3 aliphatic carbocycles. The number of fused-ring (bicyclic) bond motifs is 9. The average Bonchev–Trinajstić information content (AvgIpc) is 3.94. The van der Waals surface area contributed by atoms with Crippen molar-refractivity contribution in [2.24, 2.45) is 0 Å².